The van der Waals surface area contributed by atoms with Crippen LogP contribution in [0.4, 0.5) is 13.2 Å². The van der Waals surface area contributed by atoms with Crippen LogP contribution in [0, 0.1) is 5.41 Å². The average Bonchev–Trinajstić information content (AvgIpc) is 3.00. The zero-order valence-corrected chi connectivity index (χ0v) is 14.2. The molecule has 2 unspecified atom stereocenters. The minimum absolute atomic E-state index is 0.00259. The van der Waals surface area contributed by atoms with Gasteiger partial charge < -0.3 is 10.1 Å². The number of rotatable bonds is 3. The SMILES string of the molecule is CC1=NC(NC(=O)C(C)(C)C)(C(F)(F)F)C(=O)N1CC1CCCO1. The second-order valence-electron chi connectivity index (χ2n) is 7.12. The lowest BCUT2D eigenvalue weighted by Gasteiger charge is -2.32. The highest BCUT2D eigenvalue weighted by atomic mass is 19.4. The minimum Gasteiger partial charge on any atom is -0.376 e. The summed E-state index contributed by atoms with van der Waals surface area (Å²) in [4.78, 5) is 29.1. The molecule has 0 aliphatic carbocycles. The van der Waals surface area contributed by atoms with Crippen molar-refractivity contribution >= 4 is 17.6 Å². The largest absolute Gasteiger partial charge is 0.442 e. The van der Waals surface area contributed by atoms with Gasteiger partial charge in [-0.15, -0.1) is 0 Å². The van der Waals surface area contributed by atoms with Crippen molar-refractivity contribution in [3.63, 3.8) is 0 Å². The van der Waals surface area contributed by atoms with Crippen molar-refractivity contribution in [1.29, 1.82) is 0 Å². The first-order valence-electron chi connectivity index (χ1n) is 7.78. The summed E-state index contributed by atoms with van der Waals surface area (Å²) in [5.74, 6) is -2.27. The summed E-state index contributed by atoms with van der Waals surface area (Å²) in [6.45, 7) is 6.24. The number of hydrogen-bond donors (Lipinski definition) is 1. The fourth-order valence-electron chi connectivity index (χ4n) is 2.59. The fraction of sp³-hybridized carbons (Fsp3) is 0.800. The summed E-state index contributed by atoms with van der Waals surface area (Å²) in [6, 6.07) is 0. The van der Waals surface area contributed by atoms with E-state index in [4.69, 9.17) is 4.74 Å². The van der Waals surface area contributed by atoms with Crippen molar-refractivity contribution in [2.24, 2.45) is 10.4 Å². The molecule has 0 spiro atoms. The Labute approximate surface area is 138 Å². The van der Waals surface area contributed by atoms with Crippen molar-refractivity contribution in [2.45, 2.75) is 58.5 Å². The predicted octanol–water partition coefficient (Wildman–Crippen LogP) is 1.85. The maximum atomic E-state index is 13.7. The van der Waals surface area contributed by atoms with Gasteiger partial charge in [0.1, 0.15) is 5.84 Å². The molecule has 0 aromatic rings. The van der Waals surface area contributed by atoms with Crippen LogP contribution in [0.2, 0.25) is 0 Å². The molecule has 2 aliphatic heterocycles. The lowest BCUT2D eigenvalue weighted by atomic mass is 9.94. The maximum Gasteiger partial charge on any atom is 0.442 e. The van der Waals surface area contributed by atoms with Gasteiger partial charge in [-0.2, -0.15) is 13.2 Å². The number of carbonyl (C=O) groups is 2. The molecule has 2 atom stereocenters. The van der Waals surface area contributed by atoms with Crippen molar-refractivity contribution in [1.82, 2.24) is 10.2 Å². The van der Waals surface area contributed by atoms with Crippen LogP contribution in [0.15, 0.2) is 4.99 Å². The average molecular weight is 349 g/mol. The number of hydrogen-bond acceptors (Lipinski definition) is 4. The number of aliphatic imine (C=N–C) groups is 1. The maximum absolute atomic E-state index is 13.7. The fourth-order valence-corrected chi connectivity index (χ4v) is 2.59. The van der Waals surface area contributed by atoms with Crippen LogP contribution < -0.4 is 5.32 Å². The Morgan fingerprint density at radius 3 is 2.50 bits per heavy atom. The normalized spacial score (nSPS) is 28.3. The first-order valence-corrected chi connectivity index (χ1v) is 7.78. The van der Waals surface area contributed by atoms with Crippen molar-refractivity contribution in [3.05, 3.63) is 0 Å². The van der Waals surface area contributed by atoms with E-state index >= 15 is 0 Å². The molecule has 0 aromatic heterocycles. The van der Waals surface area contributed by atoms with Gasteiger partial charge in [-0.3, -0.25) is 14.5 Å². The third-order valence-electron chi connectivity index (χ3n) is 4.07. The standard InChI is InChI=1S/C15H22F3N3O3/c1-9-19-14(15(16,17)18,20-11(22)13(2,3)4)12(23)21(9)8-10-6-5-7-24-10/h10H,5-8H2,1-4H3,(H,20,22). The van der Waals surface area contributed by atoms with E-state index in [1.54, 1.807) is 0 Å². The van der Waals surface area contributed by atoms with E-state index in [1.165, 1.54) is 27.7 Å². The molecule has 2 aliphatic rings. The van der Waals surface area contributed by atoms with Crippen LogP contribution in [0.25, 0.3) is 0 Å². The molecule has 1 saturated heterocycles. The number of nitrogens with one attached hydrogen (secondary N) is 1. The first-order chi connectivity index (χ1) is 10.9. The highest BCUT2D eigenvalue weighted by Gasteiger charge is 2.67. The summed E-state index contributed by atoms with van der Waals surface area (Å²) >= 11 is 0. The number of carbonyl (C=O) groups excluding carboxylic acids is 2. The molecule has 0 radical (unpaired) electrons. The molecular weight excluding hydrogens is 327 g/mol. The third-order valence-corrected chi connectivity index (χ3v) is 4.07. The second-order valence-corrected chi connectivity index (χ2v) is 7.12. The van der Waals surface area contributed by atoms with Crippen molar-refractivity contribution in [2.75, 3.05) is 13.2 Å². The van der Waals surface area contributed by atoms with Gasteiger partial charge in [0.15, 0.2) is 0 Å². The molecule has 2 amide bonds. The molecule has 9 heteroatoms. The molecule has 0 aromatic carbocycles. The number of amides is 2. The van der Waals surface area contributed by atoms with Crippen LogP contribution in [0.5, 0.6) is 0 Å². The van der Waals surface area contributed by atoms with E-state index < -0.39 is 29.1 Å². The number of ether oxygens (including phenoxy) is 1. The Morgan fingerprint density at radius 1 is 1.42 bits per heavy atom. The van der Waals surface area contributed by atoms with Gasteiger partial charge in [0.2, 0.25) is 5.91 Å². The molecule has 0 bridgehead atoms. The minimum atomic E-state index is -5.04. The highest BCUT2D eigenvalue weighted by Crippen LogP contribution is 2.38. The van der Waals surface area contributed by atoms with Crippen molar-refractivity contribution in [3.8, 4) is 0 Å². The number of alkyl halides is 3. The van der Waals surface area contributed by atoms with Crippen LogP contribution in [-0.4, -0.2) is 53.6 Å². The zero-order chi connectivity index (χ0) is 18.3. The quantitative estimate of drug-likeness (QED) is 0.845. The number of halogens is 3. The first kappa shape index (κ1) is 18.7. The Balaban J connectivity index is 2.31. The second kappa shape index (κ2) is 6.02. The molecule has 1 fully saturated rings. The zero-order valence-electron chi connectivity index (χ0n) is 14.2. The molecule has 6 nitrogen and oxygen atoms in total. The molecule has 1 N–H and O–H groups in total. The molecule has 2 heterocycles. The van der Waals surface area contributed by atoms with E-state index in [1.807, 2.05) is 5.32 Å². The Bertz CT molecular complexity index is 563. The topological polar surface area (TPSA) is 71.0 Å². The van der Waals surface area contributed by atoms with Crippen LogP contribution in [-0.2, 0) is 14.3 Å². The molecule has 2 rings (SSSR count). The van der Waals surface area contributed by atoms with Crippen LogP contribution >= 0.6 is 0 Å². The van der Waals surface area contributed by atoms with Gasteiger partial charge in [-0.05, 0) is 19.8 Å². The van der Waals surface area contributed by atoms with Gasteiger partial charge in [0.25, 0.3) is 5.91 Å². The molecule has 0 saturated carbocycles. The number of nitrogens with zero attached hydrogens (tertiary/aromatic N) is 2. The van der Waals surface area contributed by atoms with Gasteiger partial charge in [-0.25, -0.2) is 4.99 Å². The van der Waals surface area contributed by atoms with Gasteiger partial charge in [-0.1, -0.05) is 20.8 Å². The van der Waals surface area contributed by atoms with Gasteiger partial charge >= 0.3 is 11.8 Å². The summed E-state index contributed by atoms with van der Waals surface area (Å²) < 4.78 is 46.4. The summed E-state index contributed by atoms with van der Waals surface area (Å²) in [5.41, 5.74) is -4.36. The summed E-state index contributed by atoms with van der Waals surface area (Å²) in [5, 5.41) is 1.82. The summed E-state index contributed by atoms with van der Waals surface area (Å²) in [6.07, 6.45) is -3.89. The monoisotopic (exact) mass is 349 g/mol. The van der Waals surface area contributed by atoms with Crippen molar-refractivity contribution < 1.29 is 27.5 Å². The van der Waals surface area contributed by atoms with Crippen LogP contribution in [0.3, 0.4) is 0 Å². The Hall–Kier alpha value is -1.64. The smallest absolute Gasteiger partial charge is 0.376 e. The summed E-state index contributed by atoms with van der Waals surface area (Å²) in [7, 11) is 0. The van der Waals surface area contributed by atoms with Gasteiger partial charge in [0.05, 0.1) is 12.6 Å². The van der Waals surface area contributed by atoms with E-state index in [-0.39, 0.29) is 18.5 Å². The lowest BCUT2D eigenvalue weighted by molar-refractivity contribution is -0.201. The molecular formula is C15H22F3N3O3. The van der Waals surface area contributed by atoms with E-state index in [0.717, 1.165) is 11.3 Å². The molecule has 24 heavy (non-hydrogen) atoms. The highest BCUT2D eigenvalue weighted by molar-refractivity contribution is 6.09. The Kier molecular flexibility index (Phi) is 4.69. The van der Waals surface area contributed by atoms with E-state index in [2.05, 4.69) is 4.99 Å². The third kappa shape index (κ3) is 3.26. The van der Waals surface area contributed by atoms with Gasteiger partial charge in [0, 0.05) is 12.0 Å². The predicted molar refractivity (Wildman–Crippen MR) is 80.2 cm³/mol. The lowest BCUT2D eigenvalue weighted by Crippen LogP contribution is -2.65. The Morgan fingerprint density at radius 2 is 2.04 bits per heavy atom. The van der Waals surface area contributed by atoms with E-state index in [0.29, 0.717) is 13.0 Å². The number of amidine groups is 1. The van der Waals surface area contributed by atoms with E-state index in [9.17, 15) is 22.8 Å². The molecule has 136 valence electrons. The van der Waals surface area contributed by atoms with Crippen LogP contribution in [0.1, 0.15) is 40.5 Å².